The minimum Gasteiger partial charge on any atom is -0.491 e. The molecule has 0 radical (unpaired) electrons. The molecule has 3 amide bonds. The van der Waals surface area contributed by atoms with Crippen LogP contribution in [-0.4, -0.2) is 54.8 Å². The zero-order chi connectivity index (χ0) is 17.7. The van der Waals surface area contributed by atoms with Crippen LogP contribution >= 0.6 is 0 Å². The van der Waals surface area contributed by atoms with Gasteiger partial charge in [0.25, 0.3) is 0 Å². The monoisotopic (exact) mass is 347 g/mol. The Kier molecular flexibility index (Phi) is 5.50. The number of amides is 3. The fraction of sp³-hybridized carbons (Fsp3) is 0.429. The lowest BCUT2D eigenvalue weighted by Crippen LogP contribution is -2.38. The summed E-state index contributed by atoms with van der Waals surface area (Å²) in [6.45, 7) is -0.414. The van der Waals surface area contributed by atoms with Crippen LogP contribution in [-0.2, 0) is 11.0 Å². The minimum absolute atomic E-state index is 0.0489. The summed E-state index contributed by atoms with van der Waals surface area (Å²) in [6, 6.07) is 2.64. The van der Waals surface area contributed by atoms with Gasteiger partial charge in [0.2, 0.25) is 5.91 Å². The third-order valence-electron chi connectivity index (χ3n) is 3.24. The summed E-state index contributed by atoms with van der Waals surface area (Å²) in [4.78, 5) is 24.1. The van der Waals surface area contributed by atoms with E-state index in [-0.39, 0.29) is 31.2 Å². The number of carbonyl (C=O) groups is 2. The maximum Gasteiger partial charge on any atom is 0.418 e. The average molecular weight is 347 g/mol. The number of hydrogen-bond acceptors (Lipinski definition) is 5. The molecule has 1 fully saturated rings. The molecule has 1 aliphatic heterocycles. The molecule has 0 spiro atoms. The van der Waals surface area contributed by atoms with Crippen molar-refractivity contribution in [3.63, 3.8) is 0 Å². The molecule has 1 aliphatic rings. The first-order valence-electron chi connectivity index (χ1n) is 7.10. The van der Waals surface area contributed by atoms with Gasteiger partial charge in [0.1, 0.15) is 12.4 Å². The van der Waals surface area contributed by atoms with Gasteiger partial charge in [-0.05, 0) is 18.2 Å². The normalized spacial score (nSPS) is 14.5. The molecule has 1 saturated heterocycles. The molecule has 0 aliphatic carbocycles. The Morgan fingerprint density at radius 1 is 1.42 bits per heavy atom. The number of alkyl halides is 3. The summed E-state index contributed by atoms with van der Waals surface area (Å²) in [5.41, 5.74) is -1.30. The van der Waals surface area contributed by atoms with Gasteiger partial charge in [0, 0.05) is 18.8 Å². The van der Waals surface area contributed by atoms with Crippen LogP contribution in [0.5, 0.6) is 5.75 Å². The van der Waals surface area contributed by atoms with E-state index in [9.17, 15) is 22.8 Å². The van der Waals surface area contributed by atoms with Crippen molar-refractivity contribution in [1.82, 2.24) is 10.2 Å². The number of benzene rings is 1. The number of aliphatic hydroxyl groups is 1. The van der Waals surface area contributed by atoms with E-state index in [0.29, 0.717) is 6.54 Å². The molecule has 24 heavy (non-hydrogen) atoms. The summed E-state index contributed by atoms with van der Waals surface area (Å²) in [5, 5.41) is 13.5. The van der Waals surface area contributed by atoms with Crippen molar-refractivity contribution in [2.45, 2.75) is 6.18 Å². The first kappa shape index (κ1) is 17.9. The zero-order valence-corrected chi connectivity index (χ0v) is 12.5. The second kappa shape index (κ2) is 7.39. The van der Waals surface area contributed by atoms with Crippen LogP contribution in [0, 0.1) is 0 Å². The third kappa shape index (κ3) is 4.28. The van der Waals surface area contributed by atoms with Crippen LogP contribution in [0.3, 0.4) is 0 Å². The number of anilines is 1. The molecule has 132 valence electrons. The van der Waals surface area contributed by atoms with Crippen LogP contribution in [0.1, 0.15) is 5.56 Å². The number of hydrogen-bond donors (Lipinski definition) is 3. The second-order valence-electron chi connectivity index (χ2n) is 4.91. The van der Waals surface area contributed by atoms with Crippen LogP contribution in [0.15, 0.2) is 18.2 Å². The van der Waals surface area contributed by atoms with E-state index in [1.54, 1.807) is 0 Å². The van der Waals surface area contributed by atoms with Crippen molar-refractivity contribution >= 4 is 17.6 Å². The molecule has 0 unspecified atom stereocenters. The summed E-state index contributed by atoms with van der Waals surface area (Å²) in [6.07, 6.45) is -4.66. The Hall–Kier alpha value is -2.49. The summed E-state index contributed by atoms with van der Waals surface area (Å²) in [7, 11) is 0. The predicted molar refractivity (Wildman–Crippen MR) is 77.6 cm³/mol. The Labute approximate surface area is 135 Å². The maximum absolute atomic E-state index is 13.1. The van der Waals surface area contributed by atoms with Crippen molar-refractivity contribution in [1.29, 1.82) is 0 Å². The van der Waals surface area contributed by atoms with Crippen molar-refractivity contribution in [3.8, 4) is 5.75 Å². The molecule has 2 rings (SSSR count). The highest BCUT2D eigenvalue weighted by atomic mass is 19.4. The SMILES string of the molecule is O=C(CNc1ccc(OCCO)cc1C(F)(F)F)N1CCNC1=O. The molecule has 1 aromatic carbocycles. The van der Waals surface area contributed by atoms with Gasteiger partial charge < -0.3 is 20.5 Å². The summed E-state index contributed by atoms with van der Waals surface area (Å²) >= 11 is 0. The Morgan fingerprint density at radius 3 is 2.75 bits per heavy atom. The standard InChI is InChI=1S/C14H16F3N3O4/c15-14(16,17)10-7-9(24-6-5-21)1-2-11(10)19-8-12(22)20-4-3-18-13(20)23/h1-2,7,19,21H,3-6,8H2,(H,18,23). The number of ether oxygens (including phenoxy) is 1. The van der Waals surface area contributed by atoms with Crippen LogP contribution in [0.25, 0.3) is 0 Å². The predicted octanol–water partition coefficient (Wildman–Crippen LogP) is 1.04. The molecule has 0 saturated carbocycles. The second-order valence-corrected chi connectivity index (χ2v) is 4.91. The molecular weight excluding hydrogens is 331 g/mol. The molecule has 0 bridgehead atoms. The van der Waals surface area contributed by atoms with E-state index in [1.165, 1.54) is 6.07 Å². The summed E-state index contributed by atoms with van der Waals surface area (Å²) in [5.74, 6) is -0.675. The highest BCUT2D eigenvalue weighted by Gasteiger charge is 2.34. The smallest absolute Gasteiger partial charge is 0.418 e. The largest absolute Gasteiger partial charge is 0.491 e. The number of aliphatic hydroxyl groups excluding tert-OH is 1. The van der Waals surface area contributed by atoms with Crippen LogP contribution < -0.4 is 15.4 Å². The van der Waals surface area contributed by atoms with Crippen LogP contribution in [0.2, 0.25) is 0 Å². The van der Waals surface area contributed by atoms with E-state index in [4.69, 9.17) is 9.84 Å². The highest BCUT2D eigenvalue weighted by molar-refractivity contribution is 5.97. The van der Waals surface area contributed by atoms with Gasteiger partial charge in [-0.2, -0.15) is 13.2 Å². The summed E-state index contributed by atoms with van der Waals surface area (Å²) < 4.78 is 44.4. The quantitative estimate of drug-likeness (QED) is 0.715. The lowest BCUT2D eigenvalue weighted by Gasteiger charge is -2.17. The lowest BCUT2D eigenvalue weighted by atomic mass is 10.1. The van der Waals surface area contributed by atoms with E-state index in [1.807, 2.05) is 0 Å². The topological polar surface area (TPSA) is 90.9 Å². The van der Waals surface area contributed by atoms with Crippen molar-refractivity contribution in [2.75, 3.05) is 38.2 Å². The molecule has 10 heteroatoms. The molecule has 0 aromatic heterocycles. The van der Waals surface area contributed by atoms with Gasteiger partial charge >= 0.3 is 12.2 Å². The third-order valence-corrected chi connectivity index (χ3v) is 3.24. The minimum atomic E-state index is -4.66. The molecular formula is C14H16F3N3O4. The number of imide groups is 1. The maximum atomic E-state index is 13.1. The number of nitrogens with one attached hydrogen (secondary N) is 2. The van der Waals surface area contributed by atoms with Crippen LogP contribution in [0.4, 0.5) is 23.7 Å². The van der Waals surface area contributed by atoms with Gasteiger partial charge in [-0.25, -0.2) is 4.79 Å². The first-order valence-corrected chi connectivity index (χ1v) is 7.10. The Balaban J connectivity index is 2.10. The first-order chi connectivity index (χ1) is 11.3. The lowest BCUT2D eigenvalue weighted by molar-refractivity contribution is -0.137. The number of urea groups is 1. The van der Waals surface area contributed by atoms with Gasteiger partial charge in [-0.15, -0.1) is 0 Å². The van der Waals surface area contributed by atoms with Crippen molar-refractivity contribution < 1.29 is 32.6 Å². The Bertz CT molecular complexity index is 622. The van der Waals surface area contributed by atoms with E-state index in [0.717, 1.165) is 17.0 Å². The Morgan fingerprint density at radius 2 is 2.17 bits per heavy atom. The van der Waals surface area contributed by atoms with E-state index in [2.05, 4.69) is 10.6 Å². The fourth-order valence-electron chi connectivity index (χ4n) is 2.14. The number of carbonyl (C=O) groups excluding carboxylic acids is 2. The van der Waals surface area contributed by atoms with Gasteiger partial charge in [-0.3, -0.25) is 9.69 Å². The molecule has 7 nitrogen and oxygen atoms in total. The van der Waals surface area contributed by atoms with Gasteiger partial charge in [0.05, 0.1) is 18.7 Å². The highest BCUT2D eigenvalue weighted by Crippen LogP contribution is 2.37. The molecule has 1 aromatic rings. The van der Waals surface area contributed by atoms with Gasteiger partial charge in [0.15, 0.2) is 0 Å². The molecule has 0 atom stereocenters. The van der Waals surface area contributed by atoms with Crippen molar-refractivity contribution in [3.05, 3.63) is 23.8 Å². The van der Waals surface area contributed by atoms with Crippen molar-refractivity contribution in [2.24, 2.45) is 0 Å². The number of nitrogens with zero attached hydrogens (tertiary/aromatic N) is 1. The molecule has 3 N–H and O–H groups in total. The van der Waals surface area contributed by atoms with Gasteiger partial charge in [-0.1, -0.05) is 0 Å². The average Bonchev–Trinajstić information content (AvgIpc) is 2.96. The molecule has 1 heterocycles. The number of rotatable bonds is 6. The van der Waals surface area contributed by atoms with E-state index >= 15 is 0 Å². The van der Waals surface area contributed by atoms with E-state index < -0.39 is 30.2 Å². The fourth-order valence-corrected chi connectivity index (χ4v) is 2.14. The number of halogens is 3. The zero-order valence-electron chi connectivity index (χ0n) is 12.5.